The molecule has 4 N–H and O–H groups in total. The fourth-order valence-corrected chi connectivity index (χ4v) is 3.08. The van der Waals surface area contributed by atoms with Gasteiger partial charge in [-0.1, -0.05) is 31.4 Å². The molecule has 1 aliphatic carbocycles. The number of halogens is 4. The van der Waals surface area contributed by atoms with Gasteiger partial charge in [0.1, 0.15) is 5.75 Å². The topological polar surface area (TPSA) is 79.9 Å². The summed E-state index contributed by atoms with van der Waals surface area (Å²) in [5.41, 5.74) is 6.71. The number of aliphatic hydroxyl groups excluding tert-OH is 1. The van der Waals surface area contributed by atoms with Crippen molar-refractivity contribution in [1.82, 2.24) is 5.32 Å². The van der Waals surface area contributed by atoms with Crippen LogP contribution in [0.4, 0.5) is 13.2 Å². The number of nitrogens with one attached hydrogen (secondary N) is 1. The van der Waals surface area contributed by atoms with E-state index in [0.717, 1.165) is 18.4 Å². The largest absolute Gasteiger partial charge is 0.573 e. The van der Waals surface area contributed by atoms with Gasteiger partial charge in [0, 0.05) is 25.1 Å². The molecule has 0 bridgehead atoms. The van der Waals surface area contributed by atoms with Crippen LogP contribution in [0.5, 0.6) is 5.75 Å². The van der Waals surface area contributed by atoms with Crippen LogP contribution in [0.2, 0.25) is 0 Å². The first-order valence-corrected chi connectivity index (χ1v) is 8.87. The minimum absolute atomic E-state index is 0. The second-order valence-corrected chi connectivity index (χ2v) is 6.65. The van der Waals surface area contributed by atoms with Gasteiger partial charge in [-0.15, -0.1) is 37.1 Å². The first-order chi connectivity index (χ1) is 12.4. The van der Waals surface area contributed by atoms with E-state index in [2.05, 4.69) is 15.0 Å². The van der Waals surface area contributed by atoms with E-state index in [-0.39, 0.29) is 42.3 Å². The van der Waals surface area contributed by atoms with Crippen molar-refractivity contribution in [1.29, 1.82) is 0 Å². The number of aliphatic hydroxyl groups is 1. The zero-order chi connectivity index (χ0) is 19.0. The third-order valence-corrected chi connectivity index (χ3v) is 4.42. The monoisotopic (exact) mass is 501 g/mol. The molecule has 1 fully saturated rings. The van der Waals surface area contributed by atoms with Crippen LogP contribution in [0, 0.1) is 5.92 Å². The summed E-state index contributed by atoms with van der Waals surface area (Å²) in [7, 11) is 0. The van der Waals surface area contributed by atoms with Crippen molar-refractivity contribution in [2.45, 2.75) is 50.9 Å². The molecule has 1 aromatic rings. The van der Waals surface area contributed by atoms with Gasteiger partial charge in [0.25, 0.3) is 0 Å². The van der Waals surface area contributed by atoms with Gasteiger partial charge in [0.15, 0.2) is 5.96 Å². The first-order valence-electron chi connectivity index (χ1n) is 8.87. The summed E-state index contributed by atoms with van der Waals surface area (Å²) in [5.74, 6) is -0.0406. The molecule has 27 heavy (non-hydrogen) atoms. The molecule has 0 saturated heterocycles. The SMILES string of the molecule is I.NC(=NCC(CO)Cc1ccc(OC(F)(F)F)cc1)NC1CCCCC1. The molecular weight excluding hydrogens is 474 g/mol. The van der Waals surface area contributed by atoms with E-state index < -0.39 is 6.36 Å². The molecule has 1 aliphatic rings. The number of alkyl halides is 3. The second-order valence-electron chi connectivity index (χ2n) is 6.65. The number of hydrogen-bond donors (Lipinski definition) is 3. The Morgan fingerprint density at radius 1 is 1.22 bits per heavy atom. The van der Waals surface area contributed by atoms with Gasteiger partial charge >= 0.3 is 6.36 Å². The molecule has 9 heteroatoms. The highest BCUT2D eigenvalue weighted by molar-refractivity contribution is 14.0. The lowest BCUT2D eigenvalue weighted by atomic mass is 9.96. The highest BCUT2D eigenvalue weighted by Crippen LogP contribution is 2.23. The molecular formula is C18H27F3IN3O2. The number of nitrogens with two attached hydrogens (primary N) is 1. The highest BCUT2D eigenvalue weighted by Gasteiger charge is 2.30. The van der Waals surface area contributed by atoms with E-state index >= 15 is 0 Å². The third-order valence-electron chi connectivity index (χ3n) is 4.42. The van der Waals surface area contributed by atoms with Crippen LogP contribution in [-0.2, 0) is 6.42 Å². The van der Waals surface area contributed by atoms with Crippen molar-refractivity contribution < 1.29 is 23.0 Å². The zero-order valence-corrected chi connectivity index (χ0v) is 17.4. The Morgan fingerprint density at radius 3 is 2.41 bits per heavy atom. The summed E-state index contributed by atoms with van der Waals surface area (Å²) < 4.78 is 40.3. The van der Waals surface area contributed by atoms with Gasteiger partial charge in [-0.3, -0.25) is 4.99 Å². The fourth-order valence-electron chi connectivity index (χ4n) is 3.08. The second kappa shape index (κ2) is 11.6. The van der Waals surface area contributed by atoms with Crippen molar-refractivity contribution in [3.8, 4) is 5.75 Å². The van der Waals surface area contributed by atoms with Crippen molar-refractivity contribution in [3.63, 3.8) is 0 Å². The molecule has 154 valence electrons. The minimum Gasteiger partial charge on any atom is -0.406 e. The van der Waals surface area contributed by atoms with Crippen molar-refractivity contribution >= 4 is 29.9 Å². The van der Waals surface area contributed by atoms with E-state index in [9.17, 15) is 18.3 Å². The number of nitrogens with zero attached hydrogens (tertiary/aromatic N) is 1. The summed E-state index contributed by atoms with van der Waals surface area (Å²) in [5, 5.41) is 12.7. The molecule has 1 atom stereocenters. The third kappa shape index (κ3) is 9.50. The van der Waals surface area contributed by atoms with Gasteiger partial charge in [-0.05, 0) is 37.0 Å². The number of hydrogen-bond acceptors (Lipinski definition) is 3. The van der Waals surface area contributed by atoms with Crippen molar-refractivity contribution in [3.05, 3.63) is 29.8 Å². The van der Waals surface area contributed by atoms with Crippen LogP contribution in [0.1, 0.15) is 37.7 Å². The average molecular weight is 501 g/mol. The molecule has 0 spiro atoms. The predicted molar refractivity (Wildman–Crippen MR) is 109 cm³/mol. The predicted octanol–water partition coefficient (Wildman–Crippen LogP) is 3.59. The summed E-state index contributed by atoms with van der Waals surface area (Å²) in [6.45, 7) is 0.268. The lowest BCUT2D eigenvalue weighted by molar-refractivity contribution is -0.274. The van der Waals surface area contributed by atoms with Gasteiger partial charge in [-0.2, -0.15) is 0 Å². The first kappa shape index (κ1) is 23.8. The molecule has 0 radical (unpaired) electrons. The Bertz CT molecular complexity index is 576. The van der Waals surface area contributed by atoms with E-state index in [0.29, 0.717) is 25.0 Å². The zero-order valence-electron chi connectivity index (χ0n) is 15.0. The van der Waals surface area contributed by atoms with Gasteiger partial charge < -0.3 is 20.9 Å². The van der Waals surface area contributed by atoms with E-state index in [1.807, 2.05) is 0 Å². The quantitative estimate of drug-likeness (QED) is 0.303. The Morgan fingerprint density at radius 2 is 1.85 bits per heavy atom. The standard InChI is InChI=1S/C18H26F3N3O2.HI/c19-18(20,21)26-16-8-6-13(7-9-16)10-14(12-25)11-23-17(22)24-15-4-2-1-3-5-15;/h6-9,14-15,25H,1-5,10-12H2,(H3,22,23,24);1H. The summed E-state index contributed by atoms with van der Waals surface area (Å²) in [6, 6.07) is 5.99. The van der Waals surface area contributed by atoms with Crippen LogP contribution in [0.3, 0.4) is 0 Å². The minimum atomic E-state index is -4.70. The molecule has 1 saturated carbocycles. The smallest absolute Gasteiger partial charge is 0.406 e. The summed E-state index contributed by atoms with van der Waals surface area (Å²) in [4.78, 5) is 4.30. The molecule has 1 unspecified atom stereocenters. The van der Waals surface area contributed by atoms with E-state index in [4.69, 9.17) is 5.73 Å². The highest BCUT2D eigenvalue weighted by atomic mass is 127. The Kier molecular flexibility index (Phi) is 10.2. The molecule has 2 rings (SSSR count). The van der Waals surface area contributed by atoms with Crippen LogP contribution in [0.15, 0.2) is 29.3 Å². The maximum atomic E-state index is 12.2. The van der Waals surface area contributed by atoms with Gasteiger partial charge in [0.2, 0.25) is 0 Å². The molecule has 1 aromatic carbocycles. The Hall–Kier alpha value is -1.23. The lowest BCUT2D eigenvalue weighted by Gasteiger charge is -2.23. The Balaban J connectivity index is 0.00000364. The van der Waals surface area contributed by atoms with Crippen LogP contribution in [-0.4, -0.2) is 36.6 Å². The number of ether oxygens (including phenoxy) is 1. The number of benzene rings is 1. The van der Waals surface area contributed by atoms with Crippen LogP contribution < -0.4 is 15.8 Å². The fraction of sp³-hybridized carbons (Fsp3) is 0.611. The van der Waals surface area contributed by atoms with Gasteiger partial charge in [-0.25, -0.2) is 0 Å². The van der Waals surface area contributed by atoms with Crippen molar-refractivity contribution in [2.24, 2.45) is 16.6 Å². The van der Waals surface area contributed by atoms with Crippen molar-refractivity contribution in [2.75, 3.05) is 13.2 Å². The van der Waals surface area contributed by atoms with Gasteiger partial charge in [0.05, 0.1) is 0 Å². The Labute approximate surface area is 174 Å². The summed E-state index contributed by atoms with van der Waals surface area (Å²) in [6.07, 6.45) is 1.61. The molecule has 0 amide bonds. The molecule has 0 aliphatic heterocycles. The maximum absolute atomic E-state index is 12.2. The number of aliphatic imine (C=N–C) groups is 1. The lowest BCUT2D eigenvalue weighted by Crippen LogP contribution is -2.41. The van der Waals surface area contributed by atoms with Crippen LogP contribution in [0.25, 0.3) is 0 Å². The molecule has 0 heterocycles. The maximum Gasteiger partial charge on any atom is 0.573 e. The van der Waals surface area contributed by atoms with E-state index in [1.54, 1.807) is 12.1 Å². The average Bonchev–Trinajstić information content (AvgIpc) is 2.59. The number of guanidine groups is 1. The normalized spacial score (nSPS) is 17.1. The van der Waals surface area contributed by atoms with Crippen LogP contribution >= 0.6 is 24.0 Å². The molecule has 5 nitrogen and oxygen atoms in total. The number of rotatable bonds is 7. The van der Waals surface area contributed by atoms with E-state index in [1.165, 1.54) is 31.4 Å². The molecule has 0 aromatic heterocycles. The summed E-state index contributed by atoms with van der Waals surface area (Å²) >= 11 is 0.